The lowest BCUT2D eigenvalue weighted by Gasteiger charge is -2.15. The van der Waals surface area contributed by atoms with E-state index >= 15 is 0 Å². The Bertz CT molecular complexity index is 1860. The van der Waals surface area contributed by atoms with E-state index in [9.17, 15) is 24.8 Å². The first kappa shape index (κ1) is 21.7. The highest BCUT2D eigenvalue weighted by Gasteiger charge is 2.35. The van der Waals surface area contributed by atoms with Crippen LogP contribution in [0.1, 0.15) is 17.2 Å². The van der Waals surface area contributed by atoms with Crippen LogP contribution in [0, 0.1) is 10.1 Å². The number of aliphatic hydroxyl groups is 1. The third kappa shape index (κ3) is 2.91. The van der Waals surface area contributed by atoms with Crippen LogP contribution in [0.15, 0.2) is 74.7 Å². The molecule has 0 saturated heterocycles. The molecule has 0 unspecified atom stereocenters. The van der Waals surface area contributed by atoms with Gasteiger partial charge in [-0.15, -0.1) is 0 Å². The fourth-order valence-electron chi connectivity index (χ4n) is 4.84. The van der Waals surface area contributed by atoms with E-state index in [0.29, 0.717) is 39.3 Å². The van der Waals surface area contributed by atoms with Crippen molar-refractivity contribution in [3.05, 3.63) is 103 Å². The van der Waals surface area contributed by atoms with Gasteiger partial charge < -0.3 is 9.52 Å². The van der Waals surface area contributed by atoms with Gasteiger partial charge in [-0.3, -0.25) is 24.0 Å². The molecule has 0 aliphatic heterocycles. The zero-order valence-electron chi connectivity index (χ0n) is 19.1. The maximum absolute atomic E-state index is 13.4. The van der Waals surface area contributed by atoms with Gasteiger partial charge in [-0.05, 0) is 17.7 Å². The normalized spacial score (nSPS) is 14.1. The van der Waals surface area contributed by atoms with E-state index in [1.807, 2.05) is 12.1 Å². The maximum Gasteiger partial charge on any atom is 0.332 e. The van der Waals surface area contributed by atoms with Gasteiger partial charge in [-0.1, -0.05) is 36.4 Å². The SMILES string of the molecule is Cn1c(=O)c2c(-c3ccc(-c4cccc([N+](=O)[O-])c4)o3)c3c(nc2n(C)c1=O)-c1ccccc1[C@H]3O. The molecule has 10 heteroatoms. The summed E-state index contributed by atoms with van der Waals surface area (Å²) in [6.07, 6.45) is -1.07. The number of fused-ring (bicyclic) bond motifs is 4. The number of aromatic nitrogens is 3. The molecular formula is C26H18N4O6. The number of nitro benzene ring substituents is 1. The Labute approximate surface area is 202 Å². The Balaban J connectivity index is 1.70. The maximum atomic E-state index is 13.4. The molecule has 3 aromatic heterocycles. The van der Waals surface area contributed by atoms with Crippen molar-refractivity contribution in [1.82, 2.24) is 14.1 Å². The number of furan rings is 1. The van der Waals surface area contributed by atoms with Crippen LogP contribution in [-0.2, 0) is 14.1 Å². The Morgan fingerprint density at radius 1 is 1.00 bits per heavy atom. The summed E-state index contributed by atoms with van der Waals surface area (Å²) in [5.41, 5.74) is 1.96. The molecule has 1 N–H and O–H groups in total. The summed E-state index contributed by atoms with van der Waals surface area (Å²) >= 11 is 0. The van der Waals surface area contributed by atoms with Crippen LogP contribution in [0.2, 0.25) is 0 Å². The number of aliphatic hydroxyl groups excluding tert-OH is 1. The van der Waals surface area contributed by atoms with Crippen molar-refractivity contribution in [2.24, 2.45) is 14.1 Å². The summed E-state index contributed by atoms with van der Waals surface area (Å²) in [7, 11) is 2.91. The van der Waals surface area contributed by atoms with Gasteiger partial charge in [-0.2, -0.15) is 0 Å². The van der Waals surface area contributed by atoms with Crippen molar-refractivity contribution in [1.29, 1.82) is 0 Å². The highest BCUT2D eigenvalue weighted by Crippen LogP contribution is 2.48. The molecule has 0 spiro atoms. The number of pyridine rings is 1. The number of hydrogen-bond acceptors (Lipinski definition) is 7. The van der Waals surface area contributed by atoms with Crippen LogP contribution < -0.4 is 11.2 Å². The number of nitro groups is 1. The molecule has 1 atom stereocenters. The molecule has 6 rings (SSSR count). The van der Waals surface area contributed by atoms with Gasteiger partial charge in [0.25, 0.3) is 11.2 Å². The molecule has 5 aromatic rings. The summed E-state index contributed by atoms with van der Waals surface area (Å²) in [5, 5.41) is 22.7. The van der Waals surface area contributed by atoms with E-state index in [0.717, 1.165) is 4.57 Å². The average Bonchev–Trinajstić information content (AvgIpc) is 3.49. The molecule has 36 heavy (non-hydrogen) atoms. The second kappa shape index (κ2) is 7.59. The number of non-ortho nitro benzene ring substituents is 1. The lowest BCUT2D eigenvalue weighted by molar-refractivity contribution is -0.384. The largest absolute Gasteiger partial charge is 0.456 e. The molecule has 3 heterocycles. The van der Waals surface area contributed by atoms with Gasteiger partial charge in [-0.25, -0.2) is 9.78 Å². The van der Waals surface area contributed by atoms with Crippen LogP contribution >= 0.6 is 0 Å². The first-order valence-corrected chi connectivity index (χ1v) is 11.0. The van der Waals surface area contributed by atoms with E-state index < -0.39 is 22.3 Å². The van der Waals surface area contributed by atoms with Gasteiger partial charge in [0.15, 0.2) is 5.65 Å². The number of aryl methyl sites for hydroxylation is 1. The summed E-state index contributed by atoms with van der Waals surface area (Å²) < 4.78 is 8.41. The number of nitrogens with zero attached hydrogens (tertiary/aromatic N) is 4. The van der Waals surface area contributed by atoms with Gasteiger partial charge in [0.2, 0.25) is 0 Å². The van der Waals surface area contributed by atoms with Gasteiger partial charge in [0.1, 0.15) is 17.6 Å². The first-order chi connectivity index (χ1) is 17.3. The smallest absolute Gasteiger partial charge is 0.332 e. The van der Waals surface area contributed by atoms with Crippen molar-refractivity contribution < 1.29 is 14.4 Å². The number of rotatable bonds is 3. The second-order valence-electron chi connectivity index (χ2n) is 8.61. The topological polar surface area (TPSA) is 133 Å². The molecule has 0 amide bonds. The first-order valence-electron chi connectivity index (χ1n) is 11.0. The van der Waals surface area contributed by atoms with Crippen molar-refractivity contribution in [3.8, 4) is 33.9 Å². The monoisotopic (exact) mass is 482 g/mol. The molecule has 10 nitrogen and oxygen atoms in total. The lowest BCUT2D eigenvalue weighted by Crippen LogP contribution is -2.37. The zero-order chi connectivity index (χ0) is 25.3. The van der Waals surface area contributed by atoms with Crippen molar-refractivity contribution in [3.63, 3.8) is 0 Å². The van der Waals surface area contributed by atoms with Gasteiger partial charge in [0.05, 0.1) is 16.0 Å². The molecule has 0 saturated carbocycles. The minimum absolute atomic E-state index is 0.0876. The van der Waals surface area contributed by atoms with E-state index in [4.69, 9.17) is 4.42 Å². The van der Waals surface area contributed by atoms with E-state index in [-0.39, 0.29) is 22.5 Å². The predicted octanol–water partition coefficient (Wildman–Crippen LogP) is 3.53. The predicted molar refractivity (Wildman–Crippen MR) is 132 cm³/mol. The summed E-state index contributed by atoms with van der Waals surface area (Å²) in [5.74, 6) is 0.613. The summed E-state index contributed by atoms with van der Waals surface area (Å²) in [6, 6.07) is 16.5. The summed E-state index contributed by atoms with van der Waals surface area (Å²) in [4.78, 5) is 41.5. The Morgan fingerprint density at radius 3 is 2.53 bits per heavy atom. The molecule has 1 aliphatic rings. The van der Waals surface area contributed by atoms with Crippen molar-refractivity contribution in [2.45, 2.75) is 6.10 Å². The Morgan fingerprint density at radius 2 is 1.75 bits per heavy atom. The number of benzene rings is 2. The van der Waals surface area contributed by atoms with Crippen LogP contribution in [-0.4, -0.2) is 24.1 Å². The van der Waals surface area contributed by atoms with Crippen LogP contribution in [0.3, 0.4) is 0 Å². The average molecular weight is 482 g/mol. The number of hydrogen-bond donors (Lipinski definition) is 1. The molecule has 0 radical (unpaired) electrons. The van der Waals surface area contributed by atoms with Crippen LogP contribution in [0.5, 0.6) is 0 Å². The molecule has 0 fully saturated rings. The molecule has 0 bridgehead atoms. The van der Waals surface area contributed by atoms with E-state index in [2.05, 4.69) is 4.98 Å². The van der Waals surface area contributed by atoms with Crippen molar-refractivity contribution in [2.75, 3.05) is 0 Å². The lowest BCUT2D eigenvalue weighted by atomic mass is 9.98. The standard InChI is InChI=1S/C26H18N4O6/c1-28-24-21(25(32)29(2)26(28)33)19(20-22(27-24)15-8-3-4-9-16(15)23(20)31)18-11-10-17(36-18)13-6-5-7-14(12-13)30(34)35/h3-12,23,31H,1-2H3/t23-/m1/s1. The highest BCUT2D eigenvalue weighted by atomic mass is 16.6. The summed E-state index contributed by atoms with van der Waals surface area (Å²) in [6.45, 7) is 0. The van der Waals surface area contributed by atoms with Crippen LogP contribution in [0.4, 0.5) is 5.69 Å². The molecule has 1 aliphatic carbocycles. The third-order valence-corrected chi connectivity index (χ3v) is 6.60. The minimum Gasteiger partial charge on any atom is -0.456 e. The fourth-order valence-corrected chi connectivity index (χ4v) is 4.84. The minimum atomic E-state index is -1.07. The Kier molecular flexibility index (Phi) is 4.57. The van der Waals surface area contributed by atoms with Gasteiger partial charge >= 0.3 is 5.69 Å². The Hall–Kier alpha value is -4.83. The van der Waals surface area contributed by atoms with Gasteiger partial charge in [0, 0.05) is 48.5 Å². The van der Waals surface area contributed by atoms with Crippen molar-refractivity contribution >= 4 is 16.7 Å². The van der Waals surface area contributed by atoms with E-state index in [1.54, 1.807) is 36.4 Å². The molecular weight excluding hydrogens is 464 g/mol. The third-order valence-electron chi connectivity index (χ3n) is 6.60. The molecule has 2 aromatic carbocycles. The highest BCUT2D eigenvalue weighted by molar-refractivity contribution is 5.98. The second-order valence-corrected chi connectivity index (χ2v) is 8.61. The zero-order valence-corrected chi connectivity index (χ0v) is 19.1. The van der Waals surface area contributed by atoms with Crippen LogP contribution in [0.25, 0.3) is 44.9 Å². The molecule has 178 valence electrons. The quantitative estimate of drug-likeness (QED) is 0.307. The fraction of sp³-hybridized carbons (Fsp3) is 0.115. The van der Waals surface area contributed by atoms with E-state index in [1.165, 1.54) is 30.8 Å².